The molecule has 1 aliphatic rings. The minimum Gasteiger partial charge on any atom is -0.338 e. The summed E-state index contributed by atoms with van der Waals surface area (Å²) >= 11 is 0. The lowest BCUT2D eigenvalue weighted by atomic mass is 10.2. The van der Waals surface area contributed by atoms with E-state index in [-0.39, 0.29) is 11.9 Å². The zero-order valence-electron chi connectivity index (χ0n) is 12.7. The minimum atomic E-state index is -0.384. The Bertz CT molecular complexity index is 321. The van der Waals surface area contributed by atoms with Crippen molar-refractivity contribution in [1.29, 1.82) is 0 Å². The number of hydrogen-bond acceptors (Lipinski definition) is 2. The first-order chi connectivity index (χ1) is 8.81. The fraction of sp³-hybridized carbons (Fsp3) is 0.857. The van der Waals surface area contributed by atoms with E-state index in [4.69, 9.17) is 0 Å². The highest BCUT2D eigenvalue weighted by atomic mass is 16.2. The molecule has 0 aliphatic heterocycles. The van der Waals surface area contributed by atoms with E-state index in [9.17, 15) is 9.59 Å². The lowest BCUT2D eigenvalue weighted by Gasteiger charge is -2.35. The third kappa shape index (κ3) is 5.59. The minimum absolute atomic E-state index is 0.196. The second kappa shape index (κ2) is 6.89. The van der Waals surface area contributed by atoms with Crippen LogP contribution in [0.5, 0.6) is 0 Å². The van der Waals surface area contributed by atoms with Crippen LogP contribution in [0.15, 0.2) is 0 Å². The molecular weight excluding hydrogens is 242 g/mol. The summed E-state index contributed by atoms with van der Waals surface area (Å²) in [5, 5.41) is 5.10. The van der Waals surface area contributed by atoms with Crippen LogP contribution in [0, 0.1) is 5.92 Å². The van der Waals surface area contributed by atoms with Crippen molar-refractivity contribution in [2.75, 3.05) is 27.2 Å². The number of rotatable bonds is 5. The maximum atomic E-state index is 11.9. The number of urea groups is 1. The molecule has 110 valence electrons. The molecule has 2 N–H and O–H groups in total. The molecule has 0 atom stereocenters. The number of likely N-dealkylation sites (N-methyl/N-ethyl adjacent to an activating group) is 1. The average Bonchev–Trinajstić information content (AvgIpc) is 2.79. The van der Waals surface area contributed by atoms with Gasteiger partial charge in [0.15, 0.2) is 6.54 Å². The third-order valence-electron chi connectivity index (χ3n) is 3.79. The second-order valence-corrected chi connectivity index (χ2v) is 6.53. The Balaban J connectivity index is 2.35. The third-order valence-corrected chi connectivity index (χ3v) is 3.79. The summed E-state index contributed by atoms with van der Waals surface area (Å²) in [7, 11) is 4.14. The summed E-state index contributed by atoms with van der Waals surface area (Å²) < 4.78 is 0.670. The van der Waals surface area contributed by atoms with Crippen LogP contribution in [0.1, 0.15) is 39.5 Å². The Labute approximate surface area is 116 Å². The van der Waals surface area contributed by atoms with E-state index < -0.39 is 0 Å². The van der Waals surface area contributed by atoms with E-state index in [0.29, 0.717) is 29.5 Å². The van der Waals surface area contributed by atoms with Crippen molar-refractivity contribution in [2.45, 2.75) is 45.6 Å². The second-order valence-electron chi connectivity index (χ2n) is 6.53. The molecule has 0 saturated heterocycles. The SMILES string of the molecule is CC(C)CNC(=O)NC(=O)C[N+](C)(C)C1CCCC1. The Morgan fingerprint density at radius 3 is 2.32 bits per heavy atom. The van der Waals surface area contributed by atoms with Gasteiger partial charge in [-0.05, 0) is 31.6 Å². The number of carbonyl (C=O) groups excluding carboxylic acids is 2. The summed E-state index contributed by atoms with van der Waals surface area (Å²) in [5.74, 6) is 0.185. The van der Waals surface area contributed by atoms with Gasteiger partial charge in [-0.25, -0.2) is 4.79 Å². The van der Waals surface area contributed by atoms with Crippen LogP contribution in [0.3, 0.4) is 0 Å². The van der Waals surface area contributed by atoms with Crippen LogP contribution in [-0.2, 0) is 4.79 Å². The fourth-order valence-electron chi connectivity index (χ4n) is 2.61. The predicted octanol–water partition coefficient (Wildman–Crippen LogP) is 1.49. The van der Waals surface area contributed by atoms with Crippen molar-refractivity contribution < 1.29 is 14.1 Å². The van der Waals surface area contributed by atoms with Crippen LogP contribution in [0.4, 0.5) is 4.79 Å². The van der Waals surface area contributed by atoms with Crippen LogP contribution in [0.25, 0.3) is 0 Å². The molecule has 5 heteroatoms. The lowest BCUT2D eigenvalue weighted by Crippen LogP contribution is -2.54. The average molecular weight is 270 g/mol. The first-order valence-corrected chi connectivity index (χ1v) is 7.21. The zero-order valence-corrected chi connectivity index (χ0v) is 12.7. The van der Waals surface area contributed by atoms with Gasteiger partial charge in [-0.1, -0.05) is 13.8 Å². The van der Waals surface area contributed by atoms with Gasteiger partial charge in [-0.2, -0.15) is 0 Å². The first-order valence-electron chi connectivity index (χ1n) is 7.21. The topological polar surface area (TPSA) is 58.2 Å². The quantitative estimate of drug-likeness (QED) is 0.744. The smallest absolute Gasteiger partial charge is 0.321 e. The lowest BCUT2D eigenvalue weighted by molar-refractivity contribution is -0.906. The van der Waals surface area contributed by atoms with Gasteiger partial charge in [-0.3, -0.25) is 10.1 Å². The summed E-state index contributed by atoms with van der Waals surface area (Å²) in [6.45, 7) is 4.98. The number of quaternary nitrogens is 1. The molecule has 1 fully saturated rings. The van der Waals surface area contributed by atoms with E-state index in [1.165, 1.54) is 25.7 Å². The number of amides is 3. The summed E-state index contributed by atoms with van der Waals surface area (Å²) in [5.41, 5.74) is 0. The van der Waals surface area contributed by atoms with Crippen molar-refractivity contribution in [1.82, 2.24) is 10.6 Å². The Hall–Kier alpha value is -1.10. The van der Waals surface area contributed by atoms with Gasteiger partial charge in [0, 0.05) is 6.54 Å². The van der Waals surface area contributed by atoms with Gasteiger partial charge in [0.2, 0.25) is 0 Å². The van der Waals surface area contributed by atoms with E-state index >= 15 is 0 Å². The summed E-state index contributed by atoms with van der Waals surface area (Å²) in [6, 6.07) is 0.162. The van der Waals surface area contributed by atoms with Crippen molar-refractivity contribution >= 4 is 11.9 Å². The monoisotopic (exact) mass is 270 g/mol. The van der Waals surface area contributed by atoms with Crippen LogP contribution in [-0.4, -0.2) is 49.6 Å². The Kier molecular flexibility index (Phi) is 5.79. The standard InChI is InChI=1S/C14H27N3O2/c1-11(2)9-15-14(19)16-13(18)10-17(3,4)12-7-5-6-8-12/h11-12H,5-10H2,1-4H3,(H-,15,16,18,19)/p+1. The van der Waals surface area contributed by atoms with Crippen molar-refractivity contribution in [2.24, 2.45) is 5.92 Å². The van der Waals surface area contributed by atoms with E-state index in [2.05, 4.69) is 24.7 Å². The van der Waals surface area contributed by atoms with Crippen LogP contribution >= 0.6 is 0 Å². The normalized spacial score (nSPS) is 16.7. The first kappa shape index (κ1) is 16.0. The molecule has 0 aromatic carbocycles. The number of nitrogens with one attached hydrogen (secondary N) is 2. The Morgan fingerprint density at radius 1 is 1.21 bits per heavy atom. The van der Waals surface area contributed by atoms with Crippen molar-refractivity contribution in [3.8, 4) is 0 Å². The molecule has 19 heavy (non-hydrogen) atoms. The van der Waals surface area contributed by atoms with Gasteiger partial charge in [0.05, 0.1) is 20.1 Å². The van der Waals surface area contributed by atoms with Crippen LogP contribution < -0.4 is 10.6 Å². The maximum Gasteiger partial charge on any atom is 0.321 e. The number of hydrogen-bond donors (Lipinski definition) is 2. The zero-order chi connectivity index (χ0) is 14.5. The fourth-order valence-corrected chi connectivity index (χ4v) is 2.61. The molecule has 0 aromatic rings. The molecule has 0 radical (unpaired) electrons. The van der Waals surface area contributed by atoms with Gasteiger partial charge < -0.3 is 9.80 Å². The summed E-state index contributed by atoms with van der Waals surface area (Å²) in [4.78, 5) is 23.4. The molecule has 1 rings (SSSR count). The molecule has 1 saturated carbocycles. The molecule has 0 bridgehead atoms. The number of nitrogens with zero attached hydrogens (tertiary/aromatic N) is 1. The molecular formula is C14H28N3O2+. The number of carbonyl (C=O) groups is 2. The predicted molar refractivity (Wildman–Crippen MR) is 75.6 cm³/mol. The van der Waals surface area contributed by atoms with E-state index in [0.717, 1.165) is 0 Å². The van der Waals surface area contributed by atoms with Gasteiger partial charge in [0.25, 0.3) is 5.91 Å². The van der Waals surface area contributed by atoms with Crippen molar-refractivity contribution in [3.05, 3.63) is 0 Å². The van der Waals surface area contributed by atoms with Gasteiger partial charge in [0.1, 0.15) is 0 Å². The maximum absolute atomic E-state index is 11.9. The highest BCUT2D eigenvalue weighted by Crippen LogP contribution is 2.26. The molecule has 5 nitrogen and oxygen atoms in total. The molecule has 0 unspecified atom stereocenters. The van der Waals surface area contributed by atoms with Crippen molar-refractivity contribution in [3.63, 3.8) is 0 Å². The molecule has 1 aliphatic carbocycles. The van der Waals surface area contributed by atoms with Crippen LogP contribution in [0.2, 0.25) is 0 Å². The highest BCUT2D eigenvalue weighted by Gasteiger charge is 2.33. The highest BCUT2D eigenvalue weighted by molar-refractivity contribution is 5.94. The largest absolute Gasteiger partial charge is 0.338 e. The molecule has 0 spiro atoms. The molecule has 0 heterocycles. The van der Waals surface area contributed by atoms with E-state index in [1.54, 1.807) is 0 Å². The Morgan fingerprint density at radius 2 is 1.79 bits per heavy atom. The number of imide groups is 1. The van der Waals surface area contributed by atoms with Gasteiger partial charge >= 0.3 is 6.03 Å². The molecule has 3 amide bonds. The molecule has 0 aromatic heterocycles. The van der Waals surface area contributed by atoms with Gasteiger partial charge in [-0.15, -0.1) is 0 Å². The van der Waals surface area contributed by atoms with E-state index in [1.807, 2.05) is 13.8 Å². The summed E-state index contributed by atoms with van der Waals surface area (Å²) in [6.07, 6.45) is 4.87.